The maximum Gasteiger partial charge on any atom is 0.259 e. The van der Waals surface area contributed by atoms with Crippen LogP contribution in [0.3, 0.4) is 0 Å². The van der Waals surface area contributed by atoms with E-state index in [0.29, 0.717) is 23.5 Å². The molecule has 0 atom stereocenters. The summed E-state index contributed by atoms with van der Waals surface area (Å²) in [6.45, 7) is 0. The number of amides is 1. The van der Waals surface area contributed by atoms with Gasteiger partial charge >= 0.3 is 0 Å². The zero-order chi connectivity index (χ0) is 20.1. The van der Waals surface area contributed by atoms with Gasteiger partial charge in [0.1, 0.15) is 5.75 Å². The van der Waals surface area contributed by atoms with E-state index in [1.165, 1.54) is 24.6 Å². The Hall–Kier alpha value is -2.87. The van der Waals surface area contributed by atoms with E-state index in [4.69, 9.17) is 9.26 Å². The van der Waals surface area contributed by atoms with Crippen molar-refractivity contribution in [2.24, 2.45) is 0 Å². The molecule has 29 heavy (non-hydrogen) atoms. The van der Waals surface area contributed by atoms with Gasteiger partial charge in [-0.2, -0.15) is 4.98 Å². The molecule has 1 aliphatic carbocycles. The van der Waals surface area contributed by atoms with Crippen LogP contribution in [-0.2, 0) is 4.79 Å². The fourth-order valence-corrected chi connectivity index (χ4v) is 3.92. The number of pyridine rings is 1. The Kier molecular flexibility index (Phi) is 6.09. The fraction of sp³-hybridized carbons (Fsp3) is 0.333. The summed E-state index contributed by atoms with van der Waals surface area (Å²) in [6.07, 6.45) is 6.27. The molecule has 4 rings (SSSR count). The summed E-state index contributed by atoms with van der Waals surface area (Å²) in [7, 11) is 1.62. The average molecular weight is 410 g/mol. The molecule has 2 aromatic heterocycles. The van der Waals surface area contributed by atoms with Crippen molar-refractivity contribution in [3.05, 3.63) is 42.6 Å². The lowest BCUT2D eigenvalue weighted by Gasteiger charge is -2.11. The molecule has 2 heterocycles. The topological polar surface area (TPSA) is 90.1 Å². The predicted molar refractivity (Wildman–Crippen MR) is 111 cm³/mol. The van der Waals surface area contributed by atoms with E-state index in [0.717, 1.165) is 34.7 Å². The highest BCUT2D eigenvalue weighted by molar-refractivity contribution is 7.99. The Balaban J connectivity index is 1.35. The quantitative estimate of drug-likeness (QED) is 0.590. The Morgan fingerprint density at radius 2 is 1.93 bits per heavy atom. The van der Waals surface area contributed by atoms with Crippen LogP contribution in [-0.4, -0.2) is 39.9 Å². The van der Waals surface area contributed by atoms with Crippen molar-refractivity contribution in [1.82, 2.24) is 20.4 Å². The molecule has 1 saturated carbocycles. The van der Waals surface area contributed by atoms with Crippen molar-refractivity contribution in [2.75, 3.05) is 12.9 Å². The van der Waals surface area contributed by atoms with E-state index < -0.39 is 0 Å². The summed E-state index contributed by atoms with van der Waals surface area (Å²) < 4.78 is 10.5. The second-order valence-corrected chi connectivity index (χ2v) is 7.87. The van der Waals surface area contributed by atoms with Gasteiger partial charge in [0, 0.05) is 17.8 Å². The minimum Gasteiger partial charge on any atom is -0.497 e. The van der Waals surface area contributed by atoms with Crippen LogP contribution in [0.5, 0.6) is 5.75 Å². The molecule has 8 heteroatoms. The molecule has 1 fully saturated rings. The van der Waals surface area contributed by atoms with Gasteiger partial charge in [-0.3, -0.25) is 4.79 Å². The maximum atomic E-state index is 12.0. The number of hydrogen-bond acceptors (Lipinski definition) is 7. The number of nitrogens with zero attached hydrogens (tertiary/aromatic N) is 3. The first-order valence-corrected chi connectivity index (χ1v) is 10.6. The van der Waals surface area contributed by atoms with Crippen LogP contribution in [0, 0.1) is 0 Å². The molecule has 1 N–H and O–H groups in total. The zero-order valence-corrected chi connectivity index (χ0v) is 16.9. The van der Waals surface area contributed by atoms with Gasteiger partial charge in [0.2, 0.25) is 11.7 Å². The molecule has 150 valence electrons. The van der Waals surface area contributed by atoms with Gasteiger partial charge in [-0.25, -0.2) is 4.98 Å². The summed E-state index contributed by atoms with van der Waals surface area (Å²) in [5.74, 6) is 2.11. The van der Waals surface area contributed by atoms with Crippen LogP contribution >= 0.6 is 11.8 Å². The molecule has 1 aromatic carbocycles. The highest BCUT2D eigenvalue weighted by atomic mass is 32.2. The predicted octanol–water partition coefficient (Wildman–Crippen LogP) is 3.96. The van der Waals surface area contributed by atoms with Gasteiger partial charge in [0.15, 0.2) is 0 Å². The number of hydrogen-bond donors (Lipinski definition) is 1. The van der Waals surface area contributed by atoms with Gasteiger partial charge in [-0.1, -0.05) is 29.8 Å². The molecule has 0 spiro atoms. The SMILES string of the molecule is COc1ccc(-c2noc(-c3ccc(SCC(=O)NC4CCCC4)nc3)n2)cc1. The molecule has 0 bridgehead atoms. The first kappa shape index (κ1) is 19.4. The smallest absolute Gasteiger partial charge is 0.259 e. The molecule has 0 saturated heterocycles. The number of thioether (sulfide) groups is 1. The normalized spacial score (nSPS) is 14.1. The minimum atomic E-state index is 0.0637. The zero-order valence-electron chi connectivity index (χ0n) is 16.1. The molecule has 7 nitrogen and oxygen atoms in total. The second-order valence-electron chi connectivity index (χ2n) is 6.87. The number of nitrogens with one attached hydrogen (secondary N) is 1. The lowest BCUT2D eigenvalue weighted by Crippen LogP contribution is -2.33. The minimum absolute atomic E-state index is 0.0637. The summed E-state index contributed by atoms with van der Waals surface area (Å²) in [5, 5.41) is 7.90. The molecule has 1 amide bonds. The Labute approximate surface area is 173 Å². The van der Waals surface area contributed by atoms with E-state index in [1.54, 1.807) is 13.3 Å². The third kappa shape index (κ3) is 4.95. The third-order valence-corrected chi connectivity index (χ3v) is 5.77. The first-order chi connectivity index (χ1) is 14.2. The number of aromatic nitrogens is 3. The van der Waals surface area contributed by atoms with Crippen molar-refractivity contribution in [3.63, 3.8) is 0 Å². The monoisotopic (exact) mass is 410 g/mol. The highest BCUT2D eigenvalue weighted by Gasteiger charge is 2.17. The van der Waals surface area contributed by atoms with Crippen LogP contribution in [0.4, 0.5) is 0 Å². The number of rotatable bonds is 7. The largest absolute Gasteiger partial charge is 0.497 e. The number of carbonyl (C=O) groups excluding carboxylic acids is 1. The van der Waals surface area contributed by atoms with Crippen LogP contribution in [0.15, 0.2) is 52.1 Å². The molecule has 3 aromatic rings. The van der Waals surface area contributed by atoms with Gasteiger partial charge in [0.05, 0.1) is 23.5 Å². The fourth-order valence-electron chi connectivity index (χ4n) is 3.27. The van der Waals surface area contributed by atoms with E-state index in [9.17, 15) is 4.79 Å². The Morgan fingerprint density at radius 1 is 1.17 bits per heavy atom. The van der Waals surface area contributed by atoms with E-state index in [2.05, 4.69) is 20.4 Å². The number of carbonyl (C=O) groups is 1. The third-order valence-electron chi connectivity index (χ3n) is 4.83. The summed E-state index contributed by atoms with van der Waals surface area (Å²) in [4.78, 5) is 20.9. The Bertz CT molecular complexity index is 951. The second kappa shape index (κ2) is 9.09. The van der Waals surface area contributed by atoms with Crippen molar-refractivity contribution in [2.45, 2.75) is 36.8 Å². The molecular formula is C21H22N4O3S. The van der Waals surface area contributed by atoms with Gasteiger partial charge in [0.25, 0.3) is 5.89 Å². The molecule has 1 aliphatic rings. The van der Waals surface area contributed by atoms with E-state index in [1.807, 2.05) is 36.4 Å². The van der Waals surface area contributed by atoms with E-state index >= 15 is 0 Å². The molecule has 0 unspecified atom stereocenters. The number of benzene rings is 1. The van der Waals surface area contributed by atoms with Gasteiger partial charge < -0.3 is 14.6 Å². The molecule has 0 aliphatic heterocycles. The van der Waals surface area contributed by atoms with Crippen LogP contribution in [0.1, 0.15) is 25.7 Å². The van der Waals surface area contributed by atoms with Crippen molar-refractivity contribution < 1.29 is 14.1 Å². The average Bonchev–Trinajstić information content (AvgIpc) is 3.45. The summed E-state index contributed by atoms with van der Waals surface area (Å²) in [5.41, 5.74) is 1.58. The van der Waals surface area contributed by atoms with Crippen LogP contribution in [0.25, 0.3) is 22.8 Å². The van der Waals surface area contributed by atoms with Crippen molar-refractivity contribution in [3.8, 4) is 28.6 Å². The van der Waals surface area contributed by atoms with Crippen molar-refractivity contribution >= 4 is 17.7 Å². The standard InChI is InChI=1S/C21H22N4O3S/c1-27-17-9-6-14(7-10-17)20-24-21(28-25-20)15-8-11-19(22-12-15)29-13-18(26)23-16-4-2-3-5-16/h6-12,16H,2-5,13H2,1H3,(H,23,26). The summed E-state index contributed by atoms with van der Waals surface area (Å²) >= 11 is 1.42. The number of ether oxygens (including phenoxy) is 1. The maximum absolute atomic E-state index is 12.0. The summed E-state index contributed by atoms with van der Waals surface area (Å²) in [6, 6.07) is 11.5. The van der Waals surface area contributed by atoms with Gasteiger partial charge in [-0.05, 0) is 49.2 Å². The highest BCUT2D eigenvalue weighted by Crippen LogP contribution is 2.25. The lowest BCUT2D eigenvalue weighted by atomic mass is 10.2. The van der Waals surface area contributed by atoms with Crippen molar-refractivity contribution in [1.29, 1.82) is 0 Å². The molecule has 0 radical (unpaired) electrons. The lowest BCUT2D eigenvalue weighted by molar-refractivity contribution is -0.119. The van der Waals surface area contributed by atoms with Crippen LogP contribution < -0.4 is 10.1 Å². The number of methoxy groups -OCH3 is 1. The van der Waals surface area contributed by atoms with Crippen LogP contribution in [0.2, 0.25) is 0 Å². The van der Waals surface area contributed by atoms with E-state index in [-0.39, 0.29) is 5.91 Å². The molecular weight excluding hydrogens is 388 g/mol. The first-order valence-electron chi connectivity index (χ1n) is 9.58. The Morgan fingerprint density at radius 3 is 2.62 bits per heavy atom. The van der Waals surface area contributed by atoms with Gasteiger partial charge in [-0.15, -0.1) is 0 Å².